The maximum Gasteiger partial charge on any atom is 0.293 e. The lowest BCUT2D eigenvalue weighted by Gasteiger charge is -2.29. The fraction of sp³-hybridized carbons (Fsp3) is 0.182. The van der Waals surface area contributed by atoms with E-state index in [1.807, 2.05) is 19.1 Å². The highest BCUT2D eigenvalue weighted by Crippen LogP contribution is 2.42. The van der Waals surface area contributed by atoms with E-state index in [1.165, 1.54) is 6.07 Å². The van der Waals surface area contributed by atoms with Crippen LogP contribution >= 0.6 is 0 Å². The molecule has 0 spiro atoms. The third-order valence-electron chi connectivity index (χ3n) is 5.24. The van der Waals surface area contributed by atoms with Crippen LogP contribution in [0, 0.1) is 10.1 Å². The number of nitro benzene ring substituents is 1. The third-order valence-corrected chi connectivity index (χ3v) is 5.24. The van der Waals surface area contributed by atoms with Crippen LogP contribution in [0.4, 0.5) is 17.1 Å². The topological polar surface area (TPSA) is 83.8 Å². The molecule has 0 aromatic heterocycles. The Morgan fingerprint density at radius 2 is 1.69 bits per heavy atom. The number of benzene rings is 3. The smallest absolute Gasteiger partial charge is 0.293 e. The normalized spacial score (nSPS) is 13.1. The molecule has 0 unspecified atom stereocenters. The number of imide groups is 1. The average Bonchev–Trinajstić information content (AvgIpc) is 2.71. The van der Waals surface area contributed by atoms with Crippen LogP contribution in [-0.4, -0.2) is 30.8 Å². The molecule has 0 fully saturated rings. The molecule has 1 aliphatic heterocycles. The van der Waals surface area contributed by atoms with Gasteiger partial charge in [0.25, 0.3) is 17.5 Å². The Morgan fingerprint density at radius 1 is 1.00 bits per heavy atom. The predicted octanol–water partition coefficient (Wildman–Crippen LogP) is 4.18. The maximum absolute atomic E-state index is 13.4. The van der Waals surface area contributed by atoms with Crippen molar-refractivity contribution in [3.8, 4) is 0 Å². The van der Waals surface area contributed by atoms with E-state index in [0.717, 1.165) is 10.5 Å². The zero-order valence-corrected chi connectivity index (χ0v) is 16.3. The summed E-state index contributed by atoms with van der Waals surface area (Å²) in [5.74, 6) is -0.972. The van der Waals surface area contributed by atoms with Gasteiger partial charge in [0.1, 0.15) is 5.69 Å². The number of carbonyl (C=O) groups is 2. The minimum Gasteiger partial charge on any atom is -0.372 e. The van der Waals surface area contributed by atoms with Gasteiger partial charge >= 0.3 is 0 Å². The number of aryl methyl sites for hydroxylation is 1. The first-order valence-electron chi connectivity index (χ1n) is 9.25. The highest BCUT2D eigenvalue weighted by molar-refractivity contribution is 6.37. The minimum absolute atomic E-state index is 0.165. The summed E-state index contributed by atoms with van der Waals surface area (Å²) >= 11 is 0. The quantitative estimate of drug-likeness (QED) is 0.380. The zero-order chi connectivity index (χ0) is 20.9. The first kappa shape index (κ1) is 18.6. The van der Waals surface area contributed by atoms with E-state index >= 15 is 0 Å². The molecular formula is C22H19N3O4. The molecule has 7 nitrogen and oxygen atoms in total. The Morgan fingerprint density at radius 3 is 2.34 bits per heavy atom. The molecule has 2 amide bonds. The van der Waals surface area contributed by atoms with Crippen LogP contribution < -0.4 is 9.80 Å². The van der Waals surface area contributed by atoms with Crippen molar-refractivity contribution >= 4 is 39.6 Å². The van der Waals surface area contributed by atoms with Crippen molar-refractivity contribution in [1.82, 2.24) is 0 Å². The van der Waals surface area contributed by atoms with Gasteiger partial charge in [-0.05, 0) is 24.1 Å². The molecule has 0 aliphatic carbocycles. The lowest BCUT2D eigenvalue weighted by Crippen LogP contribution is -2.41. The van der Waals surface area contributed by atoms with Gasteiger partial charge in [-0.15, -0.1) is 0 Å². The number of amides is 2. The van der Waals surface area contributed by atoms with Crippen LogP contribution in [-0.2, 0) is 6.42 Å². The Hall–Kier alpha value is -3.74. The van der Waals surface area contributed by atoms with Crippen molar-refractivity contribution in [2.24, 2.45) is 0 Å². The Kier molecular flexibility index (Phi) is 4.30. The molecule has 0 radical (unpaired) electrons. The van der Waals surface area contributed by atoms with Gasteiger partial charge in [0.15, 0.2) is 0 Å². The van der Waals surface area contributed by atoms with Crippen LogP contribution in [0.3, 0.4) is 0 Å². The van der Waals surface area contributed by atoms with Gasteiger partial charge in [-0.3, -0.25) is 19.7 Å². The molecule has 3 aromatic rings. The van der Waals surface area contributed by atoms with Gasteiger partial charge in [-0.1, -0.05) is 37.3 Å². The van der Waals surface area contributed by atoms with Gasteiger partial charge in [0.2, 0.25) is 0 Å². The Balaban J connectivity index is 2.07. The first-order chi connectivity index (χ1) is 13.9. The summed E-state index contributed by atoms with van der Waals surface area (Å²) in [7, 11) is 3.40. The number of para-hydroxylation sites is 1. The number of anilines is 2. The van der Waals surface area contributed by atoms with Crippen molar-refractivity contribution in [1.29, 1.82) is 0 Å². The zero-order valence-electron chi connectivity index (χ0n) is 16.3. The summed E-state index contributed by atoms with van der Waals surface area (Å²) in [6.45, 7) is 1.95. The molecule has 4 rings (SSSR count). The van der Waals surface area contributed by atoms with Gasteiger partial charge in [0, 0.05) is 36.5 Å². The summed E-state index contributed by atoms with van der Waals surface area (Å²) in [4.78, 5) is 40.8. The van der Waals surface area contributed by atoms with Crippen LogP contribution in [0.2, 0.25) is 0 Å². The van der Waals surface area contributed by atoms with Crippen molar-refractivity contribution < 1.29 is 14.5 Å². The highest BCUT2D eigenvalue weighted by atomic mass is 16.6. The molecule has 1 aliphatic rings. The molecular weight excluding hydrogens is 370 g/mol. The molecule has 146 valence electrons. The molecule has 0 saturated carbocycles. The van der Waals surface area contributed by atoms with E-state index in [2.05, 4.69) is 0 Å². The van der Waals surface area contributed by atoms with Crippen LogP contribution in [0.1, 0.15) is 33.2 Å². The molecule has 0 atom stereocenters. The number of carbonyl (C=O) groups excluding carboxylic acids is 2. The van der Waals surface area contributed by atoms with E-state index in [-0.39, 0.29) is 11.3 Å². The van der Waals surface area contributed by atoms with E-state index in [0.29, 0.717) is 34.1 Å². The van der Waals surface area contributed by atoms with E-state index in [9.17, 15) is 19.7 Å². The number of nitrogens with zero attached hydrogens (tertiary/aromatic N) is 3. The summed E-state index contributed by atoms with van der Waals surface area (Å²) in [6.07, 6.45) is 0.643. The first-order valence-corrected chi connectivity index (χ1v) is 9.25. The van der Waals surface area contributed by atoms with E-state index in [1.54, 1.807) is 49.3 Å². The van der Waals surface area contributed by atoms with Crippen molar-refractivity contribution in [2.45, 2.75) is 13.3 Å². The SMILES string of the molecule is CCc1ccccc1N1C(=O)c2cccc3c(N(C)C)c([N+](=O)[O-])cc(c23)C1=O. The summed E-state index contributed by atoms with van der Waals surface area (Å²) < 4.78 is 0. The lowest BCUT2D eigenvalue weighted by atomic mass is 9.91. The third kappa shape index (κ3) is 2.66. The van der Waals surface area contributed by atoms with Crippen LogP contribution in [0.5, 0.6) is 0 Å². The number of nitro groups is 1. The molecule has 0 N–H and O–H groups in total. The minimum atomic E-state index is -0.548. The van der Waals surface area contributed by atoms with E-state index < -0.39 is 16.7 Å². The largest absolute Gasteiger partial charge is 0.372 e. The second-order valence-corrected chi connectivity index (χ2v) is 7.10. The molecule has 7 heteroatoms. The fourth-order valence-electron chi connectivity index (χ4n) is 3.99. The number of hydrogen-bond acceptors (Lipinski definition) is 5. The van der Waals surface area contributed by atoms with Gasteiger partial charge in [-0.2, -0.15) is 0 Å². The van der Waals surface area contributed by atoms with Crippen LogP contribution in [0.15, 0.2) is 48.5 Å². The lowest BCUT2D eigenvalue weighted by molar-refractivity contribution is -0.384. The van der Waals surface area contributed by atoms with Crippen molar-refractivity contribution in [3.63, 3.8) is 0 Å². The molecule has 0 bridgehead atoms. The standard InChI is InChI=1S/C22H19N3O4/c1-4-13-8-5-6-11-17(13)24-21(26)15-10-7-9-14-19(15)16(22(24)27)12-18(25(28)29)20(14)23(2)3/h5-12H,4H2,1-3H3. The summed E-state index contributed by atoms with van der Waals surface area (Å²) in [6, 6.07) is 13.6. The van der Waals surface area contributed by atoms with Gasteiger partial charge < -0.3 is 4.90 Å². The second-order valence-electron chi connectivity index (χ2n) is 7.10. The monoisotopic (exact) mass is 389 g/mol. The van der Waals surface area contributed by atoms with Crippen LogP contribution in [0.25, 0.3) is 10.8 Å². The van der Waals surface area contributed by atoms with Crippen molar-refractivity contribution in [3.05, 3.63) is 75.3 Å². The van der Waals surface area contributed by atoms with Gasteiger partial charge in [-0.25, -0.2) is 4.90 Å². The van der Waals surface area contributed by atoms with Gasteiger partial charge in [0.05, 0.1) is 16.2 Å². The fourth-order valence-corrected chi connectivity index (χ4v) is 3.99. The number of rotatable bonds is 4. The second kappa shape index (κ2) is 6.70. The average molecular weight is 389 g/mol. The Bertz CT molecular complexity index is 1200. The molecule has 29 heavy (non-hydrogen) atoms. The number of hydrogen-bond donors (Lipinski definition) is 0. The molecule has 1 heterocycles. The molecule has 0 saturated heterocycles. The predicted molar refractivity (Wildman–Crippen MR) is 112 cm³/mol. The summed E-state index contributed by atoms with van der Waals surface area (Å²) in [5.41, 5.74) is 2.09. The summed E-state index contributed by atoms with van der Waals surface area (Å²) in [5, 5.41) is 12.7. The maximum atomic E-state index is 13.4. The van der Waals surface area contributed by atoms with E-state index in [4.69, 9.17) is 0 Å². The Labute approximate surface area is 167 Å². The molecule has 3 aromatic carbocycles. The highest BCUT2D eigenvalue weighted by Gasteiger charge is 2.37. The van der Waals surface area contributed by atoms with Crippen molar-refractivity contribution in [2.75, 3.05) is 23.9 Å².